The minimum Gasteiger partial charge on any atom is -0.398 e. The van der Waals surface area contributed by atoms with E-state index < -0.39 is 10.0 Å². The van der Waals surface area contributed by atoms with Crippen LogP contribution in [0.3, 0.4) is 0 Å². The Morgan fingerprint density at radius 2 is 2.00 bits per heavy atom. The van der Waals surface area contributed by atoms with E-state index in [-0.39, 0.29) is 4.90 Å². The number of nitrogens with one attached hydrogen (secondary N) is 1. The Labute approximate surface area is 109 Å². The van der Waals surface area contributed by atoms with Gasteiger partial charge in [0.05, 0.1) is 5.69 Å². The Morgan fingerprint density at radius 1 is 1.33 bits per heavy atom. The molecule has 1 aromatic rings. The van der Waals surface area contributed by atoms with Crippen LogP contribution in [0.25, 0.3) is 0 Å². The number of benzene rings is 1. The van der Waals surface area contributed by atoms with Gasteiger partial charge in [0.1, 0.15) is 4.90 Å². The molecule has 0 atom stereocenters. The van der Waals surface area contributed by atoms with E-state index in [1.54, 1.807) is 18.2 Å². The van der Waals surface area contributed by atoms with E-state index in [0.29, 0.717) is 18.2 Å². The molecule has 0 saturated heterocycles. The molecule has 0 heterocycles. The van der Waals surface area contributed by atoms with Crippen LogP contribution in [0.15, 0.2) is 23.1 Å². The predicted molar refractivity (Wildman–Crippen MR) is 72.7 cm³/mol. The first-order valence-electron chi connectivity index (χ1n) is 6.35. The molecule has 100 valence electrons. The highest BCUT2D eigenvalue weighted by Crippen LogP contribution is 2.25. The van der Waals surface area contributed by atoms with Crippen molar-refractivity contribution in [1.82, 2.24) is 4.72 Å². The van der Waals surface area contributed by atoms with Crippen molar-refractivity contribution < 1.29 is 8.42 Å². The van der Waals surface area contributed by atoms with E-state index in [9.17, 15) is 8.42 Å². The van der Waals surface area contributed by atoms with Crippen LogP contribution in [0.5, 0.6) is 0 Å². The molecular weight excluding hydrogens is 248 g/mol. The molecule has 0 radical (unpaired) electrons. The van der Waals surface area contributed by atoms with Crippen LogP contribution in [-0.4, -0.2) is 15.0 Å². The smallest absolute Gasteiger partial charge is 0.242 e. The Kier molecular flexibility index (Phi) is 3.92. The van der Waals surface area contributed by atoms with Crippen LogP contribution in [0, 0.1) is 12.8 Å². The second-order valence-corrected chi connectivity index (χ2v) is 6.78. The normalized spacial score (nSPS) is 17.2. The fourth-order valence-electron chi connectivity index (χ4n) is 2.43. The summed E-state index contributed by atoms with van der Waals surface area (Å²) in [5, 5.41) is 0. The van der Waals surface area contributed by atoms with Gasteiger partial charge in [0, 0.05) is 6.54 Å². The summed E-state index contributed by atoms with van der Waals surface area (Å²) in [7, 11) is -3.47. The molecule has 1 aliphatic rings. The summed E-state index contributed by atoms with van der Waals surface area (Å²) in [6.07, 6.45) is 4.65. The SMILES string of the molecule is Cc1ccc(S(=O)(=O)NCC2CCCC2)c(N)c1. The third-order valence-corrected chi connectivity index (χ3v) is 4.99. The number of nitrogen functional groups attached to an aromatic ring is 1. The summed E-state index contributed by atoms with van der Waals surface area (Å²) < 4.78 is 26.9. The van der Waals surface area contributed by atoms with Gasteiger partial charge in [0.15, 0.2) is 0 Å². The van der Waals surface area contributed by atoms with Crippen molar-refractivity contribution >= 4 is 15.7 Å². The molecule has 3 N–H and O–H groups in total. The third kappa shape index (κ3) is 3.03. The second-order valence-electron chi connectivity index (χ2n) is 5.04. The Balaban J connectivity index is 2.09. The average Bonchev–Trinajstić information content (AvgIpc) is 2.78. The highest BCUT2D eigenvalue weighted by Gasteiger charge is 2.21. The molecular formula is C13H20N2O2S. The van der Waals surface area contributed by atoms with Gasteiger partial charge in [-0.25, -0.2) is 13.1 Å². The van der Waals surface area contributed by atoms with Crippen molar-refractivity contribution in [3.8, 4) is 0 Å². The van der Waals surface area contributed by atoms with E-state index in [0.717, 1.165) is 18.4 Å². The maximum atomic E-state index is 12.1. The Hall–Kier alpha value is -1.07. The van der Waals surface area contributed by atoms with Crippen molar-refractivity contribution in [1.29, 1.82) is 0 Å². The van der Waals surface area contributed by atoms with Gasteiger partial charge in [-0.2, -0.15) is 0 Å². The molecule has 0 aromatic heterocycles. The first-order valence-corrected chi connectivity index (χ1v) is 7.83. The number of sulfonamides is 1. The molecule has 0 spiro atoms. The number of rotatable bonds is 4. The van der Waals surface area contributed by atoms with Crippen LogP contribution in [0.2, 0.25) is 0 Å². The van der Waals surface area contributed by atoms with E-state index in [1.807, 2.05) is 6.92 Å². The zero-order chi connectivity index (χ0) is 13.2. The van der Waals surface area contributed by atoms with Crippen LogP contribution in [-0.2, 0) is 10.0 Å². The maximum absolute atomic E-state index is 12.1. The quantitative estimate of drug-likeness (QED) is 0.821. The molecule has 18 heavy (non-hydrogen) atoms. The molecule has 1 aromatic carbocycles. The lowest BCUT2D eigenvalue weighted by atomic mass is 10.1. The first kappa shape index (κ1) is 13.4. The number of nitrogens with two attached hydrogens (primary N) is 1. The van der Waals surface area contributed by atoms with Gasteiger partial charge in [-0.1, -0.05) is 18.9 Å². The van der Waals surface area contributed by atoms with E-state index >= 15 is 0 Å². The molecule has 0 amide bonds. The van der Waals surface area contributed by atoms with Gasteiger partial charge in [0.25, 0.3) is 0 Å². The topological polar surface area (TPSA) is 72.2 Å². The number of hydrogen-bond donors (Lipinski definition) is 2. The summed E-state index contributed by atoms with van der Waals surface area (Å²) in [5.41, 5.74) is 7.05. The minimum atomic E-state index is -3.47. The van der Waals surface area contributed by atoms with Crippen molar-refractivity contribution in [2.24, 2.45) is 5.92 Å². The zero-order valence-corrected chi connectivity index (χ0v) is 11.5. The van der Waals surface area contributed by atoms with Gasteiger partial charge >= 0.3 is 0 Å². The van der Waals surface area contributed by atoms with Crippen molar-refractivity contribution in [3.63, 3.8) is 0 Å². The average molecular weight is 268 g/mol. The van der Waals surface area contributed by atoms with Crippen molar-refractivity contribution in [3.05, 3.63) is 23.8 Å². The van der Waals surface area contributed by atoms with Crippen molar-refractivity contribution in [2.45, 2.75) is 37.5 Å². The summed E-state index contributed by atoms with van der Waals surface area (Å²) in [6.45, 7) is 2.41. The lowest BCUT2D eigenvalue weighted by Gasteiger charge is -2.12. The highest BCUT2D eigenvalue weighted by atomic mass is 32.2. The second kappa shape index (κ2) is 5.28. The van der Waals surface area contributed by atoms with E-state index in [1.165, 1.54) is 12.8 Å². The van der Waals surface area contributed by atoms with Crippen LogP contribution in [0.1, 0.15) is 31.2 Å². The predicted octanol–water partition coefficient (Wildman–Crippen LogP) is 2.05. The Morgan fingerprint density at radius 3 is 2.61 bits per heavy atom. The molecule has 0 bridgehead atoms. The van der Waals surface area contributed by atoms with E-state index in [2.05, 4.69) is 4.72 Å². The molecule has 5 heteroatoms. The summed E-state index contributed by atoms with van der Waals surface area (Å²) >= 11 is 0. The van der Waals surface area contributed by atoms with Gasteiger partial charge in [-0.3, -0.25) is 0 Å². The fourth-order valence-corrected chi connectivity index (χ4v) is 3.66. The third-order valence-electron chi connectivity index (χ3n) is 3.49. The maximum Gasteiger partial charge on any atom is 0.242 e. The number of aryl methyl sites for hydroxylation is 1. The summed E-state index contributed by atoms with van der Waals surface area (Å²) in [6, 6.07) is 5.02. The molecule has 2 rings (SSSR count). The number of anilines is 1. The summed E-state index contributed by atoms with van der Waals surface area (Å²) in [5.74, 6) is 0.478. The molecule has 1 saturated carbocycles. The molecule has 0 unspecified atom stereocenters. The molecule has 0 aliphatic heterocycles. The summed E-state index contributed by atoms with van der Waals surface area (Å²) in [4.78, 5) is 0.186. The molecule has 1 aliphatic carbocycles. The monoisotopic (exact) mass is 268 g/mol. The van der Waals surface area contributed by atoms with Crippen molar-refractivity contribution in [2.75, 3.05) is 12.3 Å². The zero-order valence-electron chi connectivity index (χ0n) is 10.6. The molecule has 1 fully saturated rings. The first-order chi connectivity index (χ1) is 8.49. The lowest BCUT2D eigenvalue weighted by molar-refractivity contribution is 0.520. The number of hydrogen-bond acceptors (Lipinski definition) is 3. The minimum absolute atomic E-state index is 0.186. The van der Waals surface area contributed by atoms with Crippen LogP contribution >= 0.6 is 0 Å². The van der Waals surface area contributed by atoms with Gasteiger partial charge in [-0.15, -0.1) is 0 Å². The lowest BCUT2D eigenvalue weighted by Crippen LogP contribution is -2.29. The van der Waals surface area contributed by atoms with E-state index in [4.69, 9.17) is 5.73 Å². The van der Waals surface area contributed by atoms with Gasteiger partial charge in [0.2, 0.25) is 10.0 Å². The van der Waals surface area contributed by atoms with Crippen LogP contribution < -0.4 is 10.5 Å². The molecule has 4 nitrogen and oxygen atoms in total. The Bertz CT molecular complexity index is 520. The largest absolute Gasteiger partial charge is 0.398 e. The van der Waals surface area contributed by atoms with Gasteiger partial charge in [-0.05, 0) is 43.4 Å². The van der Waals surface area contributed by atoms with Gasteiger partial charge < -0.3 is 5.73 Å². The van der Waals surface area contributed by atoms with Crippen LogP contribution in [0.4, 0.5) is 5.69 Å². The fraction of sp³-hybridized carbons (Fsp3) is 0.538. The standard InChI is InChI=1S/C13H20N2O2S/c1-10-6-7-13(12(14)8-10)18(16,17)15-9-11-4-2-3-5-11/h6-8,11,15H,2-5,9,14H2,1H3. The highest BCUT2D eigenvalue weighted by molar-refractivity contribution is 7.89.